The number of hydrogen-bond acceptors (Lipinski definition) is 4. The van der Waals surface area contributed by atoms with Gasteiger partial charge >= 0.3 is 5.97 Å². The predicted octanol–water partition coefficient (Wildman–Crippen LogP) is 4.36. The van der Waals surface area contributed by atoms with Crippen molar-refractivity contribution in [2.45, 2.75) is 44.9 Å². The van der Waals surface area contributed by atoms with Crippen molar-refractivity contribution in [1.29, 1.82) is 0 Å². The molecular formula is C16H25BrO4. The third-order valence-corrected chi connectivity index (χ3v) is 3.74. The summed E-state index contributed by atoms with van der Waals surface area (Å²) in [5.74, 6) is 0.668. The van der Waals surface area contributed by atoms with Crippen LogP contribution in [-0.4, -0.2) is 31.6 Å². The van der Waals surface area contributed by atoms with Gasteiger partial charge in [-0.15, -0.1) is 0 Å². The average molecular weight is 361 g/mol. The van der Waals surface area contributed by atoms with Gasteiger partial charge in [-0.25, -0.2) is 4.79 Å². The highest BCUT2D eigenvalue weighted by atomic mass is 79.9. The molecule has 0 saturated carbocycles. The molecule has 120 valence electrons. The zero-order valence-electron chi connectivity index (χ0n) is 12.7. The lowest BCUT2D eigenvalue weighted by Crippen LogP contribution is -1.99. The van der Waals surface area contributed by atoms with Crippen LogP contribution in [0.4, 0.5) is 0 Å². The first kappa shape index (κ1) is 18.2. The number of aryl methyl sites for hydroxylation is 1. The molecule has 0 aromatic carbocycles. The van der Waals surface area contributed by atoms with Crippen molar-refractivity contribution in [2.75, 3.05) is 25.7 Å². The van der Waals surface area contributed by atoms with E-state index in [2.05, 4.69) is 20.7 Å². The number of rotatable bonds is 12. The molecule has 1 aromatic heterocycles. The number of alkyl halides is 1. The molecule has 1 rings (SSSR count). The molecule has 0 aliphatic rings. The Morgan fingerprint density at radius 3 is 2.52 bits per heavy atom. The van der Waals surface area contributed by atoms with Gasteiger partial charge in [0.1, 0.15) is 5.76 Å². The maximum absolute atomic E-state index is 11.2. The summed E-state index contributed by atoms with van der Waals surface area (Å²) in [5, 5.41) is 1.10. The van der Waals surface area contributed by atoms with E-state index in [-0.39, 0.29) is 5.76 Å². The smallest absolute Gasteiger partial charge is 0.373 e. The maximum atomic E-state index is 11.2. The normalized spacial score (nSPS) is 10.8. The second-order valence-electron chi connectivity index (χ2n) is 4.93. The van der Waals surface area contributed by atoms with Crippen molar-refractivity contribution in [3.63, 3.8) is 0 Å². The Morgan fingerprint density at radius 2 is 1.81 bits per heavy atom. The molecule has 21 heavy (non-hydrogen) atoms. The number of methoxy groups -OCH3 is 1. The molecular weight excluding hydrogens is 336 g/mol. The Hall–Kier alpha value is -0.810. The molecule has 0 fully saturated rings. The first-order chi connectivity index (χ1) is 10.3. The van der Waals surface area contributed by atoms with Gasteiger partial charge in [0.2, 0.25) is 5.76 Å². The van der Waals surface area contributed by atoms with Gasteiger partial charge in [0.15, 0.2) is 0 Å². The minimum absolute atomic E-state index is 0.271. The number of halogens is 1. The summed E-state index contributed by atoms with van der Waals surface area (Å²) in [4.78, 5) is 11.2. The van der Waals surface area contributed by atoms with E-state index in [4.69, 9.17) is 9.15 Å². The Kier molecular flexibility index (Phi) is 10.3. The van der Waals surface area contributed by atoms with Gasteiger partial charge in [-0.1, -0.05) is 28.8 Å². The van der Waals surface area contributed by atoms with Crippen LogP contribution in [0.1, 0.15) is 54.8 Å². The number of furan rings is 1. The topological polar surface area (TPSA) is 48.7 Å². The molecule has 1 heterocycles. The molecule has 0 radical (unpaired) electrons. The lowest BCUT2D eigenvalue weighted by atomic mass is 10.2. The molecule has 0 aliphatic heterocycles. The van der Waals surface area contributed by atoms with E-state index in [0.717, 1.165) is 50.0 Å². The minimum Gasteiger partial charge on any atom is -0.463 e. The summed E-state index contributed by atoms with van der Waals surface area (Å²) in [5.41, 5.74) is 0. The van der Waals surface area contributed by atoms with Crippen LogP contribution in [0.5, 0.6) is 0 Å². The van der Waals surface area contributed by atoms with Crippen LogP contribution in [0.2, 0.25) is 0 Å². The second-order valence-corrected chi connectivity index (χ2v) is 5.72. The zero-order chi connectivity index (χ0) is 15.3. The molecule has 0 unspecified atom stereocenters. The maximum Gasteiger partial charge on any atom is 0.373 e. The Labute approximate surface area is 135 Å². The minimum atomic E-state index is -0.426. The number of hydrogen-bond donors (Lipinski definition) is 0. The van der Waals surface area contributed by atoms with Crippen molar-refractivity contribution in [3.05, 3.63) is 23.7 Å². The van der Waals surface area contributed by atoms with E-state index < -0.39 is 5.97 Å². The van der Waals surface area contributed by atoms with Crippen LogP contribution in [-0.2, 0) is 15.9 Å². The molecule has 1 aromatic rings. The van der Waals surface area contributed by atoms with Crippen LogP contribution in [0.25, 0.3) is 0 Å². The van der Waals surface area contributed by atoms with Crippen LogP contribution < -0.4 is 0 Å². The first-order valence-corrected chi connectivity index (χ1v) is 8.71. The molecule has 5 heteroatoms. The molecule has 0 spiro atoms. The van der Waals surface area contributed by atoms with E-state index in [9.17, 15) is 4.79 Å². The number of carbonyl (C=O) groups excluding carboxylic acids is 1. The van der Waals surface area contributed by atoms with Crippen molar-refractivity contribution in [1.82, 2.24) is 0 Å². The van der Waals surface area contributed by atoms with E-state index in [0.29, 0.717) is 0 Å². The molecule has 0 aliphatic carbocycles. The fourth-order valence-electron chi connectivity index (χ4n) is 1.98. The predicted molar refractivity (Wildman–Crippen MR) is 86.1 cm³/mol. The third kappa shape index (κ3) is 8.27. The lowest BCUT2D eigenvalue weighted by molar-refractivity contribution is 0.0563. The first-order valence-electron chi connectivity index (χ1n) is 7.58. The van der Waals surface area contributed by atoms with Gasteiger partial charge in [-0.05, 0) is 37.8 Å². The molecule has 0 N–H and O–H groups in total. The highest BCUT2D eigenvalue weighted by Gasteiger charge is 2.10. The number of esters is 1. The van der Waals surface area contributed by atoms with Gasteiger partial charge in [0, 0.05) is 25.0 Å². The van der Waals surface area contributed by atoms with Gasteiger partial charge < -0.3 is 13.9 Å². The van der Waals surface area contributed by atoms with Gasteiger partial charge in [-0.2, -0.15) is 0 Å². The summed E-state index contributed by atoms with van der Waals surface area (Å²) in [7, 11) is 1.35. The van der Waals surface area contributed by atoms with Crippen molar-refractivity contribution >= 4 is 21.9 Å². The highest BCUT2D eigenvalue weighted by Crippen LogP contribution is 2.12. The van der Waals surface area contributed by atoms with Gasteiger partial charge in [0.25, 0.3) is 0 Å². The van der Waals surface area contributed by atoms with Crippen molar-refractivity contribution in [3.8, 4) is 0 Å². The van der Waals surface area contributed by atoms with Gasteiger partial charge in [0.05, 0.1) is 7.11 Å². The SMILES string of the molecule is COC(=O)c1ccc(CCCCOCCCCCCBr)o1. The molecule has 0 atom stereocenters. The Bertz CT molecular complexity index is 389. The van der Waals surface area contributed by atoms with E-state index in [1.165, 1.54) is 26.4 Å². The van der Waals surface area contributed by atoms with E-state index in [1.807, 2.05) is 6.07 Å². The summed E-state index contributed by atoms with van der Waals surface area (Å²) in [6.07, 6.45) is 7.74. The average Bonchev–Trinajstić information content (AvgIpc) is 2.97. The monoisotopic (exact) mass is 360 g/mol. The van der Waals surface area contributed by atoms with E-state index in [1.54, 1.807) is 6.07 Å². The summed E-state index contributed by atoms with van der Waals surface area (Å²) in [6, 6.07) is 3.49. The van der Waals surface area contributed by atoms with Gasteiger partial charge in [-0.3, -0.25) is 0 Å². The highest BCUT2D eigenvalue weighted by molar-refractivity contribution is 9.09. The second kappa shape index (κ2) is 11.8. The van der Waals surface area contributed by atoms with Crippen molar-refractivity contribution < 1.29 is 18.7 Å². The summed E-state index contributed by atoms with van der Waals surface area (Å²) >= 11 is 3.43. The number of unbranched alkanes of at least 4 members (excludes halogenated alkanes) is 4. The van der Waals surface area contributed by atoms with Crippen LogP contribution in [0.15, 0.2) is 16.5 Å². The fraction of sp³-hybridized carbons (Fsp3) is 0.688. The number of ether oxygens (including phenoxy) is 2. The molecule has 0 amide bonds. The van der Waals surface area contributed by atoms with Crippen LogP contribution in [0.3, 0.4) is 0 Å². The third-order valence-electron chi connectivity index (χ3n) is 3.18. The largest absolute Gasteiger partial charge is 0.463 e. The van der Waals surface area contributed by atoms with Crippen LogP contribution >= 0.6 is 15.9 Å². The zero-order valence-corrected chi connectivity index (χ0v) is 14.3. The quantitative estimate of drug-likeness (QED) is 0.315. The summed E-state index contributed by atoms with van der Waals surface area (Å²) in [6.45, 7) is 1.65. The fourth-order valence-corrected chi connectivity index (χ4v) is 2.38. The Morgan fingerprint density at radius 1 is 1.10 bits per heavy atom. The standard InChI is InChI=1S/C16H25BrO4/c1-19-16(18)15-10-9-14(21-15)8-4-7-13-20-12-6-3-2-5-11-17/h9-10H,2-8,11-13H2,1H3. The van der Waals surface area contributed by atoms with Crippen molar-refractivity contribution in [2.24, 2.45) is 0 Å². The Balaban J connectivity index is 1.97. The van der Waals surface area contributed by atoms with Crippen LogP contribution in [0, 0.1) is 0 Å². The number of carbonyl (C=O) groups is 1. The molecule has 0 saturated heterocycles. The summed E-state index contributed by atoms with van der Waals surface area (Å²) < 4.78 is 15.6. The van der Waals surface area contributed by atoms with E-state index >= 15 is 0 Å². The lowest BCUT2D eigenvalue weighted by Gasteiger charge is -2.03. The molecule has 0 bridgehead atoms. The molecule has 4 nitrogen and oxygen atoms in total.